The average molecular weight is 229 g/mol. The fourth-order valence-corrected chi connectivity index (χ4v) is 2.78. The summed E-state index contributed by atoms with van der Waals surface area (Å²) in [5.41, 5.74) is 0. The van der Waals surface area contributed by atoms with E-state index in [-0.39, 0.29) is 11.9 Å². The highest BCUT2D eigenvalue weighted by atomic mass is 32.2. The van der Waals surface area contributed by atoms with E-state index in [2.05, 4.69) is 15.6 Å². The minimum absolute atomic E-state index is 0.0179. The van der Waals surface area contributed by atoms with E-state index in [0.717, 1.165) is 16.5 Å². The molecule has 1 saturated heterocycles. The van der Waals surface area contributed by atoms with Gasteiger partial charge in [0, 0.05) is 22.7 Å². The lowest BCUT2D eigenvalue weighted by molar-refractivity contribution is -0.117. The van der Waals surface area contributed by atoms with Gasteiger partial charge < -0.3 is 5.32 Å². The van der Waals surface area contributed by atoms with Crippen molar-refractivity contribution in [2.75, 3.05) is 16.9 Å². The zero-order chi connectivity index (χ0) is 9.97. The summed E-state index contributed by atoms with van der Waals surface area (Å²) in [7, 11) is 0. The molecule has 0 bridgehead atoms. The molecule has 2 N–H and O–H groups in total. The number of rotatable bonds is 2. The number of aromatic nitrogens is 1. The predicted octanol–water partition coefficient (Wildman–Crippen LogP) is 1.05. The Morgan fingerprint density at radius 2 is 2.64 bits per heavy atom. The first kappa shape index (κ1) is 9.95. The van der Waals surface area contributed by atoms with Gasteiger partial charge in [0.1, 0.15) is 0 Å². The van der Waals surface area contributed by atoms with Crippen LogP contribution >= 0.6 is 23.1 Å². The Morgan fingerprint density at radius 1 is 1.79 bits per heavy atom. The van der Waals surface area contributed by atoms with Crippen molar-refractivity contribution in [2.45, 2.75) is 13.0 Å². The molecule has 0 spiro atoms. The zero-order valence-electron chi connectivity index (χ0n) is 7.74. The molecule has 1 aromatic heterocycles. The van der Waals surface area contributed by atoms with E-state index in [1.165, 1.54) is 11.3 Å². The first-order chi connectivity index (χ1) is 6.75. The van der Waals surface area contributed by atoms with Crippen LogP contribution in [-0.2, 0) is 4.79 Å². The molecular weight excluding hydrogens is 218 g/mol. The Kier molecular flexibility index (Phi) is 3.05. The molecule has 1 fully saturated rings. The van der Waals surface area contributed by atoms with Crippen molar-refractivity contribution in [3.8, 4) is 0 Å². The molecule has 1 aliphatic rings. The van der Waals surface area contributed by atoms with Gasteiger partial charge in [-0.05, 0) is 6.92 Å². The van der Waals surface area contributed by atoms with Crippen molar-refractivity contribution in [3.05, 3.63) is 11.1 Å². The van der Waals surface area contributed by atoms with E-state index in [1.807, 2.05) is 6.92 Å². The van der Waals surface area contributed by atoms with Crippen LogP contribution in [0.1, 0.15) is 4.88 Å². The highest BCUT2D eigenvalue weighted by molar-refractivity contribution is 7.99. The maximum atomic E-state index is 11.6. The molecule has 0 radical (unpaired) electrons. The van der Waals surface area contributed by atoms with Crippen LogP contribution in [0, 0.1) is 6.92 Å². The maximum absolute atomic E-state index is 11.6. The molecule has 1 amide bonds. The standard InChI is InChI=1S/C8H11N3OS2/c1-5-2-9-8(14-5)11-7(12)6-3-13-4-10-6/h2,6,10H,3-4H2,1H3,(H,9,11,12). The van der Waals surface area contributed by atoms with Crippen LogP contribution in [-0.4, -0.2) is 28.6 Å². The fraction of sp³-hybridized carbons (Fsp3) is 0.500. The summed E-state index contributed by atoms with van der Waals surface area (Å²) < 4.78 is 0. The number of aryl methyl sites for hydroxylation is 1. The van der Waals surface area contributed by atoms with Crippen molar-refractivity contribution >= 4 is 34.1 Å². The molecule has 0 aromatic carbocycles. The Labute approximate surface area is 90.5 Å². The van der Waals surface area contributed by atoms with E-state index < -0.39 is 0 Å². The lowest BCUT2D eigenvalue weighted by Crippen LogP contribution is -2.37. The van der Waals surface area contributed by atoms with Gasteiger partial charge in [0.25, 0.3) is 0 Å². The zero-order valence-corrected chi connectivity index (χ0v) is 9.37. The summed E-state index contributed by atoms with van der Waals surface area (Å²) >= 11 is 3.23. The molecule has 2 rings (SSSR count). The van der Waals surface area contributed by atoms with Crippen molar-refractivity contribution in [3.63, 3.8) is 0 Å². The first-order valence-corrected chi connectivity index (χ1v) is 6.27. The topological polar surface area (TPSA) is 54.0 Å². The summed E-state index contributed by atoms with van der Waals surface area (Å²) in [5, 5.41) is 6.59. The van der Waals surface area contributed by atoms with Crippen LogP contribution in [0.5, 0.6) is 0 Å². The smallest absolute Gasteiger partial charge is 0.244 e. The first-order valence-electron chi connectivity index (χ1n) is 4.30. The quantitative estimate of drug-likeness (QED) is 0.796. The summed E-state index contributed by atoms with van der Waals surface area (Å²) in [5.74, 6) is 1.72. The number of thiazole rings is 1. The number of amides is 1. The van der Waals surface area contributed by atoms with Gasteiger partial charge in [-0.1, -0.05) is 0 Å². The van der Waals surface area contributed by atoms with Gasteiger partial charge in [-0.15, -0.1) is 23.1 Å². The van der Waals surface area contributed by atoms with E-state index in [1.54, 1.807) is 18.0 Å². The van der Waals surface area contributed by atoms with Crippen LogP contribution in [0.25, 0.3) is 0 Å². The lowest BCUT2D eigenvalue weighted by atomic mass is 10.3. The van der Waals surface area contributed by atoms with Crippen molar-refractivity contribution < 1.29 is 4.79 Å². The lowest BCUT2D eigenvalue weighted by Gasteiger charge is -2.07. The number of carbonyl (C=O) groups is 1. The fourth-order valence-electron chi connectivity index (χ4n) is 1.17. The summed E-state index contributed by atoms with van der Waals surface area (Å²) in [6, 6.07) is -0.0655. The van der Waals surface area contributed by atoms with E-state index in [4.69, 9.17) is 0 Å². The van der Waals surface area contributed by atoms with E-state index >= 15 is 0 Å². The number of nitrogens with zero attached hydrogens (tertiary/aromatic N) is 1. The molecule has 6 heteroatoms. The highest BCUT2D eigenvalue weighted by Gasteiger charge is 2.22. The number of carbonyl (C=O) groups excluding carboxylic acids is 1. The van der Waals surface area contributed by atoms with Gasteiger partial charge in [-0.25, -0.2) is 4.98 Å². The minimum atomic E-state index is -0.0655. The van der Waals surface area contributed by atoms with E-state index in [0.29, 0.717) is 5.13 Å². The Bertz CT molecular complexity index is 333. The summed E-state index contributed by atoms with van der Waals surface area (Å²) in [4.78, 5) is 16.8. The van der Waals surface area contributed by atoms with Gasteiger partial charge >= 0.3 is 0 Å². The summed E-state index contributed by atoms with van der Waals surface area (Å²) in [6.45, 7) is 1.97. The van der Waals surface area contributed by atoms with Gasteiger partial charge in [0.2, 0.25) is 5.91 Å². The number of hydrogen-bond acceptors (Lipinski definition) is 5. The number of anilines is 1. The van der Waals surface area contributed by atoms with Gasteiger partial charge in [0.05, 0.1) is 6.04 Å². The third-order valence-corrected chi connectivity index (χ3v) is 3.65. The molecule has 1 aromatic rings. The average Bonchev–Trinajstić information content (AvgIpc) is 2.75. The van der Waals surface area contributed by atoms with Crippen LogP contribution in [0.15, 0.2) is 6.20 Å². The van der Waals surface area contributed by atoms with Crippen molar-refractivity contribution in [1.29, 1.82) is 0 Å². The monoisotopic (exact) mass is 229 g/mol. The molecule has 1 unspecified atom stereocenters. The van der Waals surface area contributed by atoms with Crippen molar-refractivity contribution in [1.82, 2.24) is 10.3 Å². The number of hydrogen-bond donors (Lipinski definition) is 2. The Balaban J connectivity index is 1.93. The second kappa shape index (κ2) is 4.29. The normalized spacial score (nSPS) is 21.1. The SMILES string of the molecule is Cc1cnc(NC(=O)C2CSCN2)s1. The van der Waals surface area contributed by atoms with E-state index in [9.17, 15) is 4.79 Å². The predicted molar refractivity (Wildman–Crippen MR) is 59.7 cm³/mol. The highest BCUT2D eigenvalue weighted by Crippen LogP contribution is 2.18. The Morgan fingerprint density at radius 3 is 3.21 bits per heavy atom. The second-order valence-corrected chi connectivity index (χ2v) is 5.30. The third-order valence-electron chi connectivity index (χ3n) is 1.88. The van der Waals surface area contributed by atoms with Crippen LogP contribution in [0.2, 0.25) is 0 Å². The van der Waals surface area contributed by atoms with Crippen LogP contribution < -0.4 is 10.6 Å². The van der Waals surface area contributed by atoms with Crippen molar-refractivity contribution in [2.24, 2.45) is 0 Å². The molecule has 1 aliphatic heterocycles. The molecule has 14 heavy (non-hydrogen) atoms. The Hall–Kier alpha value is -0.590. The maximum Gasteiger partial charge on any atom is 0.244 e. The van der Waals surface area contributed by atoms with Gasteiger partial charge in [-0.3, -0.25) is 10.1 Å². The number of nitrogens with one attached hydrogen (secondary N) is 2. The molecule has 1 atom stereocenters. The largest absolute Gasteiger partial charge is 0.301 e. The molecule has 0 saturated carbocycles. The molecule has 76 valence electrons. The molecular formula is C8H11N3OS2. The number of thioether (sulfide) groups is 1. The van der Waals surface area contributed by atoms with Gasteiger partial charge in [-0.2, -0.15) is 0 Å². The molecule has 4 nitrogen and oxygen atoms in total. The minimum Gasteiger partial charge on any atom is -0.301 e. The van der Waals surface area contributed by atoms with Gasteiger partial charge in [0.15, 0.2) is 5.13 Å². The second-order valence-electron chi connectivity index (χ2n) is 3.04. The third kappa shape index (κ3) is 2.26. The molecule has 0 aliphatic carbocycles. The summed E-state index contributed by atoms with van der Waals surface area (Å²) in [6.07, 6.45) is 1.76. The van der Waals surface area contributed by atoms with Crippen LogP contribution in [0.4, 0.5) is 5.13 Å². The van der Waals surface area contributed by atoms with Crippen LogP contribution in [0.3, 0.4) is 0 Å². The molecule has 2 heterocycles.